The summed E-state index contributed by atoms with van der Waals surface area (Å²) >= 11 is 0. The Morgan fingerprint density at radius 2 is 1.68 bits per heavy atom. The van der Waals surface area contributed by atoms with Gasteiger partial charge in [0.05, 0.1) is 0 Å². The van der Waals surface area contributed by atoms with Crippen LogP contribution in [0.15, 0.2) is 12.2 Å². The largest absolute Gasteiger partial charge is 0.481 e. The molecule has 0 amide bonds. The van der Waals surface area contributed by atoms with Crippen molar-refractivity contribution in [3.8, 4) is 0 Å². The Balaban J connectivity index is 0. The van der Waals surface area contributed by atoms with Crippen LogP contribution in [-0.2, 0) is 14.3 Å². The molecule has 0 aromatic rings. The number of hydrogen-bond donors (Lipinski definition) is 2. The molecule has 0 aromatic heterocycles. The van der Waals surface area contributed by atoms with Gasteiger partial charge in [-0.2, -0.15) is 0 Å². The molecule has 1 unspecified atom stereocenters. The average Bonchev–Trinajstić information content (AvgIpc) is 2.26. The first kappa shape index (κ1) is 20.0. The zero-order valence-corrected chi connectivity index (χ0v) is 12.4. The van der Waals surface area contributed by atoms with Gasteiger partial charge in [-0.3, -0.25) is 4.79 Å². The third kappa shape index (κ3) is 10.3. The zero-order valence-electron chi connectivity index (χ0n) is 12.4. The number of methoxy groups -OCH3 is 1. The molecule has 0 aliphatic carbocycles. The smallest absolute Gasteiger partial charge is 0.335 e. The fourth-order valence-corrected chi connectivity index (χ4v) is 1.56. The third-order valence-corrected chi connectivity index (χ3v) is 2.41. The van der Waals surface area contributed by atoms with Gasteiger partial charge in [-0.1, -0.05) is 18.9 Å². The molecule has 0 bridgehead atoms. The van der Waals surface area contributed by atoms with Gasteiger partial charge in [0.15, 0.2) is 5.60 Å². The van der Waals surface area contributed by atoms with Gasteiger partial charge in [0, 0.05) is 13.5 Å². The molecule has 0 heterocycles. The summed E-state index contributed by atoms with van der Waals surface area (Å²) in [4.78, 5) is 21.4. The van der Waals surface area contributed by atoms with Crippen LogP contribution in [0, 0.1) is 0 Å². The Bertz CT molecular complexity index is 294. The van der Waals surface area contributed by atoms with Gasteiger partial charge in [-0.15, -0.1) is 6.58 Å². The van der Waals surface area contributed by atoms with E-state index in [0.717, 1.165) is 0 Å². The van der Waals surface area contributed by atoms with Crippen LogP contribution in [0.2, 0.25) is 0 Å². The molecular weight excluding hydrogens is 248 g/mol. The van der Waals surface area contributed by atoms with E-state index in [1.807, 2.05) is 20.8 Å². The van der Waals surface area contributed by atoms with E-state index in [1.54, 1.807) is 0 Å². The molecule has 0 radical (unpaired) electrons. The van der Waals surface area contributed by atoms with Crippen molar-refractivity contribution in [2.24, 2.45) is 0 Å². The van der Waals surface area contributed by atoms with Crippen molar-refractivity contribution in [3.63, 3.8) is 0 Å². The highest BCUT2D eigenvalue weighted by molar-refractivity contribution is 5.77. The summed E-state index contributed by atoms with van der Waals surface area (Å²) in [6.07, 6.45) is 1.61. The second-order valence-electron chi connectivity index (χ2n) is 4.71. The first-order valence-corrected chi connectivity index (χ1v) is 6.34. The van der Waals surface area contributed by atoms with Crippen molar-refractivity contribution < 1.29 is 24.5 Å². The quantitative estimate of drug-likeness (QED) is 0.664. The Labute approximate surface area is 115 Å². The molecule has 0 spiro atoms. The van der Waals surface area contributed by atoms with Crippen LogP contribution < -0.4 is 0 Å². The molecule has 1 atom stereocenters. The molecule has 112 valence electrons. The van der Waals surface area contributed by atoms with Gasteiger partial charge >= 0.3 is 11.9 Å². The van der Waals surface area contributed by atoms with Crippen molar-refractivity contribution in [2.75, 3.05) is 7.11 Å². The lowest BCUT2D eigenvalue weighted by Gasteiger charge is -2.27. The minimum absolute atomic E-state index is 0.0257. The lowest BCUT2D eigenvalue weighted by atomic mass is 9.91. The van der Waals surface area contributed by atoms with Gasteiger partial charge in [-0.05, 0) is 33.1 Å². The molecule has 0 fully saturated rings. The monoisotopic (exact) mass is 274 g/mol. The Morgan fingerprint density at radius 1 is 1.21 bits per heavy atom. The first-order chi connectivity index (χ1) is 8.71. The SMILES string of the molecule is C=C(C)C.CCCC(CCCC(=O)O)(OC)C(=O)O. The van der Waals surface area contributed by atoms with Crippen LogP contribution in [0.4, 0.5) is 0 Å². The number of carbonyl (C=O) groups is 2. The van der Waals surface area contributed by atoms with Gasteiger partial charge in [0.2, 0.25) is 0 Å². The van der Waals surface area contributed by atoms with E-state index in [1.165, 1.54) is 12.7 Å². The van der Waals surface area contributed by atoms with Crippen LogP contribution in [0.3, 0.4) is 0 Å². The van der Waals surface area contributed by atoms with E-state index in [0.29, 0.717) is 19.3 Å². The predicted octanol–water partition coefficient (Wildman–Crippen LogP) is 3.09. The highest BCUT2D eigenvalue weighted by Crippen LogP contribution is 2.24. The first-order valence-electron chi connectivity index (χ1n) is 6.34. The standard InChI is InChI=1S/C10H18O5.C4H8/c1-3-6-10(15-2,9(13)14)7-4-5-8(11)12;1-4(2)3/h3-7H2,1-2H3,(H,11,12)(H,13,14);1H2,2-3H3. The lowest BCUT2D eigenvalue weighted by molar-refractivity contribution is -0.164. The fourth-order valence-electron chi connectivity index (χ4n) is 1.56. The molecule has 0 saturated carbocycles. The number of aliphatic carboxylic acids is 2. The number of ether oxygens (including phenoxy) is 1. The molecule has 0 aliphatic rings. The van der Waals surface area contributed by atoms with Crippen molar-refractivity contribution in [1.82, 2.24) is 0 Å². The predicted molar refractivity (Wildman–Crippen MR) is 74.3 cm³/mol. The lowest BCUT2D eigenvalue weighted by Crippen LogP contribution is -2.40. The molecule has 19 heavy (non-hydrogen) atoms. The molecule has 0 saturated heterocycles. The number of rotatable bonds is 8. The highest BCUT2D eigenvalue weighted by atomic mass is 16.5. The van der Waals surface area contributed by atoms with Crippen LogP contribution in [0.1, 0.15) is 52.9 Å². The number of allylic oxidation sites excluding steroid dienone is 1. The molecule has 2 N–H and O–H groups in total. The van der Waals surface area contributed by atoms with Gasteiger partial charge in [0.1, 0.15) is 0 Å². The van der Waals surface area contributed by atoms with Gasteiger partial charge in [0.25, 0.3) is 0 Å². The highest BCUT2D eigenvalue weighted by Gasteiger charge is 2.37. The summed E-state index contributed by atoms with van der Waals surface area (Å²) in [5.41, 5.74) is -0.0514. The van der Waals surface area contributed by atoms with Crippen LogP contribution in [0.25, 0.3) is 0 Å². The van der Waals surface area contributed by atoms with Crippen molar-refractivity contribution in [3.05, 3.63) is 12.2 Å². The van der Waals surface area contributed by atoms with Crippen molar-refractivity contribution in [1.29, 1.82) is 0 Å². The second kappa shape index (κ2) is 10.6. The minimum atomic E-state index is -1.22. The molecule has 5 heteroatoms. The fraction of sp³-hybridized carbons (Fsp3) is 0.714. The van der Waals surface area contributed by atoms with Crippen LogP contribution in [-0.4, -0.2) is 34.9 Å². The summed E-state index contributed by atoms with van der Waals surface area (Å²) in [5, 5.41) is 17.5. The molecular formula is C14H26O5. The Hall–Kier alpha value is -1.36. The molecule has 5 nitrogen and oxygen atoms in total. The summed E-state index contributed by atoms with van der Waals surface area (Å²) in [7, 11) is 1.35. The van der Waals surface area contributed by atoms with E-state index in [2.05, 4.69) is 6.58 Å². The topological polar surface area (TPSA) is 83.8 Å². The van der Waals surface area contributed by atoms with Crippen molar-refractivity contribution in [2.45, 2.75) is 58.5 Å². The van der Waals surface area contributed by atoms with E-state index in [9.17, 15) is 9.59 Å². The zero-order chi connectivity index (χ0) is 15.5. The number of hydrogen-bond acceptors (Lipinski definition) is 3. The van der Waals surface area contributed by atoms with E-state index < -0.39 is 17.5 Å². The van der Waals surface area contributed by atoms with Crippen LogP contribution >= 0.6 is 0 Å². The maximum atomic E-state index is 11.0. The molecule has 0 rings (SSSR count). The Kier molecular flexibility index (Phi) is 11.1. The summed E-state index contributed by atoms with van der Waals surface area (Å²) in [5.74, 6) is -1.93. The summed E-state index contributed by atoms with van der Waals surface area (Å²) < 4.78 is 5.03. The molecule has 0 aromatic carbocycles. The minimum Gasteiger partial charge on any atom is -0.481 e. The van der Waals surface area contributed by atoms with Crippen LogP contribution in [0.5, 0.6) is 0 Å². The third-order valence-electron chi connectivity index (χ3n) is 2.41. The Morgan fingerprint density at radius 3 is 1.95 bits per heavy atom. The van der Waals surface area contributed by atoms with Gasteiger partial charge < -0.3 is 14.9 Å². The second-order valence-corrected chi connectivity index (χ2v) is 4.71. The number of carboxylic acid groups (broad SMARTS) is 2. The van der Waals surface area contributed by atoms with Gasteiger partial charge in [-0.25, -0.2) is 4.79 Å². The number of carboxylic acids is 2. The maximum Gasteiger partial charge on any atom is 0.335 e. The van der Waals surface area contributed by atoms with E-state index in [4.69, 9.17) is 14.9 Å². The van der Waals surface area contributed by atoms with Crippen molar-refractivity contribution >= 4 is 11.9 Å². The average molecular weight is 274 g/mol. The normalized spacial score (nSPS) is 12.8. The summed E-state index contributed by atoms with van der Waals surface area (Å²) in [6.45, 7) is 9.37. The van der Waals surface area contributed by atoms with E-state index >= 15 is 0 Å². The molecule has 0 aliphatic heterocycles. The maximum absolute atomic E-state index is 11.0. The summed E-state index contributed by atoms with van der Waals surface area (Å²) in [6, 6.07) is 0. The van der Waals surface area contributed by atoms with E-state index in [-0.39, 0.29) is 12.8 Å².